The van der Waals surface area contributed by atoms with Crippen molar-refractivity contribution in [3.63, 3.8) is 0 Å². The van der Waals surface area contributed by atoms with E-state index >= 15 is 0 Å². The highest BCUT2D eigenvalue weighted by molar-refractivity contribution is 6.33. The number of nitrogens with zero attached hydrogens (tertiary/aromatic N) is 1. The average molecular weight is 351 g/mol. The van der Waals surface area contributed by atoms with Crippen LogP contribution in [-0.2, 0) is 0 Å². The Morgan fingerprint density at radius 2 is 2.04 bits per heavy atom. The number of ether oxygens (including phenoxy) is 1. The molecule has 1 unspecified atom stereocenters. The molecule has 4 nitrogen and oxygen atoms in total. The summed E-state index contributed by atoms with van der Waals surface area (Å²) in [5.41, 5.74) is 1.27. The normalized spacial score (nSPS) is 12.1. The molecule has 0 saturated heterocycles. The van der Waals surface area contributed by atoms with E-state index in [9.17, 15) is 9.18 Å². The summed E-state index contributed by atoms with van der Waals surface area (Å²) in [5.74, 6) is -0.0545. The van der Waals surface area contributed by atoms with E-state index in [-0.39, 0.29) is 22.5 Å². The summed E-state index contributed by atoms with van der Waals surface area (Å²) in [6.45, 7) is 0.382. The SMILES string of the molecule is COc1cccc(C(CNC(=O)c2ccc(F)cc2Cl)N(C)C)c1. The van der Waals surface area contributed by atoms with Crippen molar-refractivity contribution in [3.8, 4) is 5.75 Å². The summed E-state index contributed by atoms with van der Waals surface area (Å²) in [6.07, 6.45) is 0. The van der Waals surface area contributed by atoms with E-state index in [1.807, 2.05) is 43.3 Å². The molecule has 1 amide bonds. The Kier molecular flexibility index (Phi) is 6.17. The highest BCUT2D eigenvalue weighted by atomic mass is 35.5. The van der Waals surface area contributed by atoms with Crippen LogP contribution >= 0.6 is 11.6 Å². The molecule has 0 fully saturated rings. The molecule has 0 bridgehead atoms. The molecule has 0 spiro atoms. The van der Waals surface area contributed by atoms with Crippen LogP contribution in [0.2, 0.25) is 5.02 Å². The second-order valence-corrected chi connectivity index (χ2v) is 6.00. The predicted octanol–water partition coefficient (Wildman–Crippen LogP) is 3.52. The topological polar surface area (TPSA) is 41.6 Å². The molecular weight excluding hydrogens is 331 g/mol. The zero-order chi connectivity index (χ0) is 17.7. The van der Waals surface area contributed by atoms with Crippen molar-refractivity contribution in [1.29, 1.82) is 0 Å². The van der Waals surface area contributed by atoms with E-state index in [2.05, 4.69) is 5.32 Å². The zero-order valence-corrected chi connectivity index (χ0v) is 14.6. The third-order valence-corrected chi connectivity index (χ3v) is 4.05. The fraction of sp³-hybridized carbons (Fsp3) is 0.278. The summed E-state index contributed by atoms with van der Waals surface area (Å²) < 4.78 is 18.3. The molecule has 0 aliphatic rings. The Hall–Kier alpha value is -2.11. The summed E-state index contributed by atoms with van der Waals surface area (Å²) in [6, 6.07) is 11.4. The fourth-order valence-corrected chi connectivity index (χ4v) is 2.66. The molecular formula is C18H20ClFN2O2. The Morgan fingerprint density at radius 3 is 2.67 bits per heavy atom. The lowest BCUT2D eigenvalue weighted by molar-refractivity contribution is 0.0942. The van der Waals surface area contributed by atoms with Crippen molar-refractivity contribution in [2.75, 3.05) is 27.7 Å². The van der Waals surface area contributed by atoms with Crippen LogP contribution in [-0.4, -0.2) is 38.6 Å². The Labute approximate surface area is 146 Å². The first-order valence-corrected chi connectivity index (χ1v) is 7.83. The summed E-state index contributed by atoms with van der Waals surface area (Å²) >= 11 is 5.93. The van der Waals surface area contributed by atoms with Crippen LogP contribution in [0.4, 0.5) is 4.39 Å². The van der Waals surface area contributed by atoms with Gasteiger partial charge in [0.1, 0.15) is 11.6 Å². The van der Waals surface area contributed by atoms with Crippen molar-refractivity contribution in [2.24, 2.45) is 0 Å². The number of methoxy groups -OCH3 is 1. The number of nitrogens with one attached hydrogen (secondary N) is 1. The number of hydrogen-bond donors (Lipinski definition) is 1. The van der Waals surface area contributed by atoms with Gasteiger partial charge in [0.25, 0.3) is 5.91 Å². The first kappa shape index (κ1) is 18.2. The van der Waals surface area contributed by atoms with Crippen LogP contribution in [0.5, 0.6) is 5.75 Å². The van der Waals surface area contributed by atoms with Crippen LogP contribution in [0.3, 0.4) is 0 Å². The third-order valence-electron chi connectivity index (χ3n) is 3.73. The van der Waals surface area contributed by atoms with E-state index in [0.29, 0.717) is 6.54 Å². The van der Waals surface area contributed by atoms with Gasteiger partial charge in [0.05, 0.1) is 23.7 Å². The van der Waals surface area contributed by atoms with Crippen LogP contribution < -0.4 is 10.1 Å². The van der Waals surface area contributed by atoms with Gasteiger partial charge in [0.2, 0.25) is 0 Å². The van der Waals surface area contributed by atoms with Crippen LogP contribution in [0.25, 0.3) is 0 Å². The average Bonchev–Trinajstić information content (AvgIpc) is 2.54. The fourth-order valence-electron chi connectivity index (χ4n) is 2.41. The quantitative estimate of drug-likeness (QED) is 0.866. The Morgan fingerprint density at radius 1 is 1.29 bits per heavy atom. The maximum absolute atomic E-state index is 13.1. The molecule has 6 heteroatoms. The van der Waals surface area contributed by atoms with E-state index in [1.165, 1.54) is 12.1 Å². The van der Waals surface area contributed by atoms with Gasteiger partial charge in [-0.05, 0) is 50.0 Å². The van der Waals surface area contributed by atoms with Gasteiger partial charge < -0.3 is 15.0 Å². The highest BCUT2D eigenvalue weighted by Crippen LogP contribution is 2.23. The molecule has 0 aliphatic carbocycles. The molecule has 1 N–H and O–H groups in total. The number of hydrogen-bond acceptors (Lipinski definition) is 3. The minimum atomic E-state index is -0.473. The zero-order valence-electron chi connectivity index (χ0n) is 13.8. The van der Waals surface area contributed by atoms with Crippen LogP contribution in [0.1, 0.15) is 22.0 Å². The number of carbonyl (C=O) groups excluding carboxylic acids is 1. The lowest BCUT2D eigenvalue weighted by atomic mass is 10.1. The summed E-state index contributed by atoms with van der Waals surface area (Å²) in [5, 5.41) is 2.94. The lowest BCUT2D eigenvalue weighted by Crippen LogP contribution is -2.34. The number of likely N-dealkylation sites (N-methyl/N-ethyl adjacent to an activating group) is 1. The first-order chi connectivity index (χ1) is 11.4. The molecule has 0 heterocycles. The summed E-state index contributed by atoms with van der Waals surface area (Å²) in [4.78, 5) is 14.3. The minimum absolute atomic E-state index is 0.0386. The summed E-state index contributed by atoms with van der Waals surface area (Å²) in [7, 11) is 5.48. The second kappa shape index (κ2) is 8.13. The number of benzene rings is 2. The predicted molar refractivity (Wildman–Crippen MR) is 93.2 cm³/mol. The molecule has 0 aliphatic heterocycles. The van der Waals surface area contributed by atoms with Gasteiger partial charge >= 0.3 is 0 Å². The van der Waals surface area contributed by atoms with E-state index in [4.69, 9.17) is 16.3 Å². The molecule has 1 atom stereocenters. The maximum atomic E-state index is 13.1. The van der Waals surface area contributed by atoms with Gasteiger partial charge in [-0.25, -0.2) is 4.39 Å². The standard InChI is InChI=1S/C18H20ClFN2O2/c1-22(2)17(12-5-4-6-14(9-12)24-3)11-21-18(23)15-8-7-13(20)10-16(15)19/h4-10,17H,11H2,1-3H3,(H,21,23). The van der Waals surface area contributed by atoms with Gasteiger partial charge in [-0.3, -0.25) is 4.79 Å². The molecule has 0 aromatic heterocycles. The van der Waals surface area contributed by atoms with Gasteiger partial charge in [0, 0.05) is 6.54 Å². The third kappa shape index (κ3) is 4.46. The monoisotopic (exact) mass is 350 g/mol. The first-order valence-electron chi connectivity index (χ1n) is 7.46. The molecule has 2 rings (SSSR count). The van der Waals surface area contributed by atoms with Crippen molar-refractivity contribution in [3.05, 3.63) is 64.4 Å². The van der Waals surface area contributed by atoms with Crippen LogP contribution in [0.15, 0.2) is 42.5 Å². The molecule has 128 valence electrons. The number of rotatable bonds is 6. The lowest BCUT2D eigenvalue weighted by Gasteiger charge is -2.25. The molecule has 2 aromatic carbocycles. The number of carbonyl (C=O) groups is 1. The van der Waals surface area contributed by atoms with E-state index in [0.717, 1.165) is 17.4 Å². The van der Waals surface area contributed by atoms with Crippen molar-refractivity contribution in [2.45, 2.75) is 6.04 Å². The van der Waals surface area contributed by atoms with Gasteiger partial charge in [0.15, 0.2) is 0 Å². The molecule has 24 heavy (non-hydrogen) atoms. The van der Waals surface area contributed by atoms with Crippen molar-refractivity contribution >= 4 is 17.5 Å². The van der Waals surface area contributed by atoms with Crippen LogP contribution in [0, 0.1) is 5.82 Å². The maximum Gasteiger partial charge on any atom is 0.252 e. The van der Waals surface area contributed by atoms with Gasteiger partial charge in [-0.2, -0.15) is 0 Å². The number of halogens is 2. The van der Waals surface area contributed by atoms with E-state index in [1.54, 1.807) is 7.11 Å². The smallest absolute Gasteiger partial charge is 0.252 e. The van der Waals surface area contributed by atoms with Gasteiger partial charge in [-0.1, -0.05) is 23.7 Å². The second-order valence-electron chi connectivity index (χ2n) is 5.59. The Bertz CT molecular complexity index is 722. The molecule has 0 radical (unpaired) electrons. The minimum Gasteiger partial charge on any atom is -0.497 e. The number of amides is 1. The molecule has 2 aromatic rings. The van der Waals surface area contributed by atoms with Gasteiger partial charge in [-0.15, -0.1) is 0 Å². The van der Waals surface area contributed by atoms with Crippen molar-refractivity contribution < 1.29 is 13.9 Å². The highest BCUT2D eigenvalue weighted by Gasteiger charge is 2.18. The van der Waals surface area contributed by atoms with Crippen molar-refractivity contribution in [1.82, 2.24) is 10.2 Å². The molecule has 0 saturated carbocycles. The van der Waals surface area contributed by atoms with E-state index < -0.39 is 5.82 Å². The Balaban J connectivity index is 2.12. The largest absolute Gasteiger partial charge is 0.497 e.